The van der Waals surface area contributed by atoms with Crippen LogP contribution in [0.4, 0.5) is 10.2 Å². The smallest absolute Gasteiger partial charge is 0.274 e. The number of ether oxygens (including phenoxy) is 1. The number of aromatic amines is 1. The molecule has 200 valence electrons. The van der Waals surface area contributed by atoms with Crippen molar-refractivity contribution in [2.75, 3.05) is 32.4 Å². The Balaban J connectivity index is 1.28. The number of anilines is 1. The van der Waals surface area contributed by atoms with Gasteiger partial charge in [-0.2, -0.15) is 5.10 Å². The van der Waals surface area contributed by atoms with Crippen molar-refractivity contribution in [2.24, 2.45) is 0 Å². The van der Waals surface area contributed by atoms with Crippen LogP contribution in [-0.4, -0.2) is 63.2 Å². The molecule has 9 nitrogen and oxygen atoms in total. The Morgan fingerprint density at radius 3 is 2.67 bits per heavy atom. The van der Waals surface area contributed by atoms with Gasteiger partial charge in [0.05, 0.1) is 5.39 Å². The number of nitrogen functional groups attached to an aromatic ring is 1. The summed E-state index contributed by atoms with van der Waals surface area (Å²) in [4.78, 5) is 29.9. The standard InChI is InChI=1S/C29H29FN6O3/c1-34-14-13-19(34)8-11-25(37)35-15-12-18(16-35)22-17-36(27-26(22)29(38)33-32-28(27)31)20-6-9-21(10-7-20)39-24-5-3-2-4-23(24)30/h2-11,17-19H,12-16H2,1H3,(H2,31,32)(H,33,38)/b11-8+/t18-,19+/m1/s1. The van der Waals surface area contributed by atoms with Gasteiger partial charge in [0.2, 0.25) is 5.91 Å². The van der Waals surface area contributed by atoms with E-state index in [1.54, 1.807) is 36.4 Å². The van der Waals surface area contributed by atoms with Gasteiger partial charge in [-0.3, -0.25) is 14.5 Å². The van der Waals surface area contributed by atoms with Gasteiger partial charge >= 0.3 is 0 Å². The minimum absolute atomic E-state index is 0.0120. The van der Waals surface area contributed by atoms with E-state index in [1.165, 1.54) is 6.07 Å². The molecule has 39 heavy (non-hydrogen) atoms. The third-order valence-corrected chi connectivity index (χ3v) is 7.71. The molecule has 0 spiro atoms. The number of halogens is 1. The summed E-state index contributed by atoms with van der Waals surface area (Å²) in [5.41, 5.74) is 8.00. The summed E-state index contributed by atoms with van der Waals surface area (Å²) < 4.78 is 21.5. The summed E-state index contributed by atoms with van der Waals surface area (Å²) in [5.74, 6) is 0.312. The maximum Gasteiger partial charge on any atom is 0.274 e. The Hall–Kier alpha value is -4.44. The van der Waals surface area contributed by atoms with Crippen molar-refractivity contribution in [3.05, 3.63) is 88.6 Å². The summed E-state index contributed by atoms with van der Waals surface area (Å²) in [6, 6.07) is 13.6. The van der Waals surface area contributed by atoms with Crippen molar-refractivity contribution in [3.63, 3.8) is 0 Å². The molecule has 1 amide bonds. The maximum atomic E-state index is 14.0. The SMILES string of the molecule is CN1CC[C@@H]1/C=C/C(=O)N1CC[C@@H](c2cn(-c3ccc(Oc4ccccc4F)cc3)c3c(N)n[nH]c(=O)c23)C1. The van der Waals surface area contributed by atoms with Crippen LogP contribution in [0.25, 0.3) is 16.6 Å². The first-order valence-corrected chi connectivity index (χ1v) is 13.0. The maximum absolute atomic E-state index is 14.0. The molecule has 3 N–H and O–H groups in total. The predicted molar refractivity (Wildman–Crippen MR) is 147 cm³/mol. The Morgan fingerprint density at radius 1 is 1.15 bits per heavy atom. The molecule has 0 radical (unpaired) electrons. The highest BCUT2D eigenvalue weighted by Gasteiger charge is 2.31. The quantitative estimate of drug-likeness (QED) is 0.369. The predicted octanol–water partition coefficient (Wildman–Crippen LogP) is 3.80. The summed E-state index contributed by atoms with van der Waals surface area (Å²) >= 11 is 0. The second-order valence-corrected chi connectivity index (χ2v) is 10.1. The van der Waals surface area contributed by atoms with Crippen LogP contribution in [0, 0.1) is 5.82 Å². The van der Waals surface area contributed by atoms with E-state index in [0.717, 1.165) is 30.6 Å². The van der Waals surface area contributed by atoms with Gasteiger partial charge in [0, 0.05) is 49.6 Å². The van der Waals surface area contributed by atoms with Gasteiger partial charge in [-0.1, -0.05) is 18.2 Å². The zero-order chi connectivity index (χ0) is 27.1. The van der Waals surface area contributed by atoms with Gasteiger partial charge in [0.1, 0.15) is 11.3 Å². The van der Waals surface area contributed by atoms with E-state index in [0.29, 0.717) is 35.8 Å². The molecule has 2 fully saturated rings. The minimum Gasteiger partial charge on any atom is -0.454 e. The highest BCUT2D eigenvalue weighted by atomic mass is 19.1. The lowest BCUT2D eigenvalue weighted by molar-refractivity contribution is -0.125. The molecule has 2 aromatic carbocycles. The fourth-order valence-electron chi connectivity index (χ4n) is 5.37. The number of amides is 1. The molecule has 4 heterocycles. The number of H-pyrrole nitrogens is 1. The van der Waals surface area contributed by atoms with E-state index < -0.39 is 5.82 Å². The van der Waals surface area contributed by atoms with Crippen molar-refractivity contribution in [2.45, 2.75) is 24.8 Å². The van der Waals surface area contributed by atoms with Crippen molar-refractivity contribution in [1.29, 1.82) is 0 Å². The lowest BCUT2D eigenvalue weighted by Crippen LogP contribution is -2.43. The van der Waals surface area contributed by atoms with Crippen molar-refractivity contribution >= 4 is 22.6 Å². The topological polar surface area (TPSA) is 109 Å². The number of nitrogens with two attached hydrogens (primary N) is 1. The first-order chi connectivity index (χ1) is 18.9. The molecule has 0 aliphatic carbocycles. The van der Waals surface area contributed by atoms with E-state index in [2.05, 4.69) is 15.1 Å². The number of benzene rings is 2. The molecule has 2 saturated heterocycles. The van der Waals surface area contributed by atoms with Crippen molar-refractivity contribution < 1.29 is 13.9 Å². The van der Waals surface area contributed by atoms with E-state index in [-0.39, 0.29) is 29.0 Å². The number of rotatable bonds is 6. The van der Waals surface area contributed by atoms with Crippen LogP contribution in [0.5, 0.6) is 11.5 Å². The van der Waals surface area contributed by atoms with Gasteiger partial charge in [-0.25, -0.2) is 9.49 Å². The number of hydrogen-bond acceptors (Lipinski definition) is 6. The second-order valence-electron chi connectivity index (χ2n) is 10.1. The third kappa shape index (κ3) is 4.67. The number of fused-ring (bicyclic) bond motifs is 1. The molecular formula is C29H29FN6O3. The number of carbonyl (C=O) groups is 1. The average molecular weight is 529 g/mol. The number of nitrogens with zero attached hydrogens (tertiary/aromatic N) is 4. The lowest BCUT2D eigenvalue weighted by Gasteiger charge is -2.35. The number of aromatic nitrogens is 3. The van der Waals surface area contributed by atoms with Crippen LogP contribution in [-0.2, 0) is 4.79 Å². The van der Waals surface area contributed by atoms with Crippen LogP contribution in [0.2, 0.25) is 0 Å². The minimum atomic E-state index is -0.448. The molecule has 4 aromatic rings. The largest absolute Gasteiger partial charge is 0.454 e. The van der Waals surface area contributed by atoms with Gasteiger partial charge < -0.3 is 19.9 Å². The van der Waals surface area contributed by atoms with Gasteiger partial charge in [0.15, 0.2) is 17.4 Å². The van der Waals surface area contributed by atoms with E-state index >= 15 is 0 Å². The molecule has 0 saturated carbocycles. The van der Waals surface area contributed by atoms with Gasteiger partial charge in [-0.15, -0.1) is 0 Å². The molecule has 2 aliphatic heterocycles. The lowest BCUT2D eigenvalue weighted by atomic mass is 9.99. The molecular weight excluding hydrogens is 499 g/mol. The second kappa shape index (κ2) is 10.0. The average Bonchev–Trinajstić information content (AvgIpc) is 3.58. The van der Waals surface area contributed by atoms with Gasteiger partial charge in [-0.05, 0) is 61.9 Å². The molecule has 0 unspecified atom stereocenters. The number of para-hydroxylation sites is 1. The van der Waals surface area contributed by atoms with Gasteiger partial charge in [0.25, 0.3) is 5.56 Å². The Labute approximate surface area is 224 Å². The normalized spacial score (nSPS) is 19.6. The molecule has 10 heteroatoms. The van der Waals surface area contributed by atoms with E-state index in [4.69, 9.17) is 10.5 Å². The number of hydrogen-bond donors (Lipinski definition) is 2. The number of likely N-dealkylation sites (N-methyl/N-ethyl adjacent to an activating group) is 1. The fourth-order valence-corrected chi connectivity index (χ4v) is 5.37. The first kappa shape index (κ1) is 24.9. The van der Waals surface area contributed by atoms with Crippen LogP contribution < -0.4 is 16.0 Å². The van der Waals surface area contributed by atoms with E-state index in [9.17, 15) is 14.0 Å². The highest BCUT2D eigenvalue weighted by molar-refractivity contribution is 5.93. The van der Waals surface area contributed by atoms with Crippen LogP contribution in [0.1, 0.15) is 24.3 Å². The number of nitrogens with one attached hydrogen (secondary N) is 1. The van der Waals surface area contributed by atoms with Crippen molar-refractivity contribution in [3.8, 4) is 17.2 Å². The molecule has 2 aromatic heterocycles. The zero-order valence-corrected chi connectivity index (χ0v) is 21.5. The third-order valence-electron chi connectivity index (χ3n) is 7.71. The Morgan fingerprint density at radius 2 is 1.95 bits per heavy atom. The molecule has 0 bridgehead atoms. The first-order valence-electron chi connectivity index (χ1n) is 13.0. The summed E-state index contributed by atoms with van der Waals surface area (Å²) in [5, 5.41) is 6.97. The highest BCUT2D eigenvalue weighted by Crippen LogP contribution is 2.36. The van der Waals surface area contributed by atoms with Crippen LogP contribution in [0.15, 0.2) is 71.7 Å². The van der Waals surface area contributed by atoms with Crippen LogP contribution >= 0.6 is 0 Å². The number of likely N-dealkylation sites (tertiary alicyclic amines) is 2. The molecule has 2 aliphatic rings. The Bertz CT molecular complexity index is 1630. The monoisotopic (exact) mass is 528 g/mol. The van der Waals surface area contributed by atoms with Crippen molar-refractivity contribution in [1.82, 2.24) is 24.6 Å². The fraction of sp³-hybridized carbons (Fsp3) is 0.276. The molecule has 2 atom stereocenters. The van der Waals surface area contributed by atoms with E-state index in [1.807, 2.05) is 40.9 Å². The summed E-state index contributed by atoms with van der Waals surface area (Å²) in [6.45, 7) is 2.17. The number of carbonyl (C=O) groups excluding carboxylic acids is 1. The van der Waals surface area contributed by atoms with Crippen LogP contribution in [0.3, 0.4) is 0 Å². The molecule has 6 rings (SSSR count). The zero-order valence-electron chi connectivity index (χ0n) is 21.5. The summed E-state index contributed by atoms with van der Waals surface area (Å²) in [7, 11) is 2.05. The summed E-state index contributed by atoms with van der Waals surface area (Å²) in [6.07, 6.45) is 7.35. The Kier molecular flexibility index (Phi) is 6.40.